The second-order valence-corrected chi connectivity index (χ2v) is 4.90. The molecule has 0 amide bonds. The summed E-state index contributed by atoms with van der Waals surface area (Å²) in [4.78, 5) is 0. The second-order valence-electron chi connectivity index (χ2n) is 4.49. The minimum atomic E-state index is 0.429. The van der Waals surface area contributed by atoms with Gasteiger partial charge in [-0.15, -0.1) is 0 Å². The van der Waals surface area contributed by atoms with Gasteiger partial charge in [0.25, 0.3) is 0 Å². The monoisotopic (exact) mass is 216 g/mol. The summed E-state index contributed by atoms with van der Waals surface area (Å²) in [5.74, 6) is 0. The van der Waals surface area contributed by atoms with Crippen molar-refractivity contribution in [2.45, 2.75) is 32.7 Å². The lowest BCUT2D eigenvalue weighted by Gasteiger charge is -2.11. The van der Waals surface area contributed by atoms with E-state index in [9.17, 15) is 0 Å². The summed E-state index contributed by atoms with van der Waals surface area (Å²) in [5.41, 5.74) is 0.429. The van der Waals surface area contributed by atoms with E-state index in [-0.39, 0.29) is 0 Å². The zero-order valence-corrected chi connectivity index (χ0v) is 10.0. The quantitative estimate of drug-likeness (QED) is 0.536. The third kappa shape index (κ3) is 3.80. The van der Waals surface area contributed by atoms with Crippen molar-refractivity contribution < 1.29 is 4.74 Å². The Morgan fingerprint density at radius 2 is 2.21 bits per heavy atom. The predicted molar refractivity (Wildman–Crippen MR) is 62.4 cm³/mol. The Hall–Kier alpha value is -0.350. The largest absolute Gasteiger partial charge is 0.385 e. The molecule has 1 fully saturated rings. The Kier molecular flexibility index (Phi) is 4.13. The van der Waals surface area contributed by atoms with E-state index in [1.165, 1.54) is 6.42 Å². The molecule has 0 aromatic rings. The Balaban J connectivity index is 2.00. The Morgan fingerprint density at radius 1 is 1.57 bits per heavy atom. The predicted octanol–water partition coefficient (Wildman–Crippen LogP) is 1.29. The van der Waals surface area contributed by atoms with Gasteiger partial charge in [0.1, 0.15) is 0 Å². The number of thiocarbonyl (C=S) groups is 1. The summed E-state index contributed by atoms with van der Waals surface area (Å²) in [6, 6.07) is 0.560. The van der Waals surface area contributed by atoms with Crippen molar-refractivity contribution in [3.63, 3.8) is 0 Å². The molecule has 2 N–H and O–H groups in total. The van der Waals surface area contributed by atoms with E-state index < -0.39 is 0 Å². The molecule has 14 heavy (non-hydrogen) atoms. The Labute approximate surface area is 91.6 Å². The van der Waals surface area contributed by atoms with Crippen molar-refractivity contribution in [3.8, 4) is 0 Å². The van der Waals surface area contributed by atoms with Crippen molar-refractivity contribution in [1.82, 2.24) is 10.6 Å². The highest BCUT2D eigenvalue weighted by molar-refractivity contribution is 7.80. The number of hydrogen-bond donors (Lipinski definition) is 2. The fourth-order valence-electron chi connectivity index (χ4n) is 1.34. The van der Waals surface area contributed by atoms with Gasteiger partial charge in [-0.2, -0.15) is 0 Å². The first kappa shape index (κ1) is 11.7. The molecule has 4 heteroatoms. The van der Waals surface area contributed by atoms with Crippen LogP contribution in [0.25, 0.3) is 0 Å². The number of ether oxygens (including phenoxy) is 1. The van der Waals surface area contributed by atoms with E-state index in [1.807, 2.05) is 0 Å². The van der Waals surface area contributed by atoms with E-state index in [4.69, 9.17) is 17.0 Å². The molecule has 1 atom stereocenters. The molecule has 1 aliphatic rings. The molecule has 0 aromatic heterocycles. The van der Waals surface area contributed by atoms with Gasteiger partial charge in [-0.25, -0.2) is 0 Å². The molecule has 3 nitrogen and oxygen atoms in total. The molecule has 0 bridgehead atoms. The average molecular weight is 216 g/mol. The lowest BCUT2D eigenvalue weighted by Crippen LogP contribution is -2.38. The molecule has 0 aliphatic heterocycles. The molecule has 1 saturated carbocycles. The number of hydrogen-bond acceptors (Lipinski definition) is 2. The molecule has 82 valence electrons. The van der Waals surface area contributed by atoms with Crippen molar-refractivity contribution in [3.05, 3.63) is 0 Å². The summed E-state index contributed by atoms with van der Waals surface area (Å²) in [6.45, 7) is 6.16. The topological polar surface area (TPSA) is 33.3 Å². The maximum absolute atomic E-state index is 5.16. The number of methoxy groups -OCH3 is 1. The van der Waals surface area contributed by atoms with Crippen molar-refractivity contribution in [2.75, 3.05) is 20.3 Å². The smallest absolute Gasteiger partial charge is 0.166 e. The van der Waals surface area contributed by atoms with Gasteiger partial charge in [0.15, 0.2) is 5.11 Å². The molecular formula is C10H20N2OS. The average Bonchev–Trinajstić information content (AvgIpc) is 2.68. The first-order chi connectivity index (χ1) is 6.56. The SMILES string of the molecule is COCCCNC(=S)NC1CC1(C)C. The highest BCUT2D eigenvalue weighted by atomic mass is 32.1. The molecule has 0 heterocycles. The van der Waals surface area contributed by atoms with Crippen LogP contribution >= 0.6 is 12.2 Å². The first-order valence-electron chi connectivity index (χ1n) is 5.09. The molecule has 0 radical (unpaired) electrons. The maximum Gasteiger partial charge on any atom is 0.166 e. The number of nitrogens with one attached hydrogen (secondary N) is 2. The van der Waals surface area contributed by atoms with Gasteiger partial charge in [-0.05, 0) is 30.5 Å². The fourth-order valence-corrected chi connectivity index (χ4v) is 1.59. The summed E-state index contributed by atoms with van der Waals surface area (Å²) < 4.78 is 4.95. The summed E-state index contributed by atoms with van der Waals surface area (Å²) in [7, 11) is 1.71. The van der Waals surface area contributed by atoms with E-state index >= 15 is 0 Å². The zero-order chi connectivity index (χ0) is 10.6. The van der Waals surface area contributed by atoms with E-state index in [2.05, 4.69) is 24.5 Å². The zero-order valence-electron chi connectivity index (χ0n) is 9.22. The summed E-state index contributed by atoms with van der Waals surface area (Å²) >= 11 is 5.16. The maximum atomic E-state index is 5.16. The third-order valence-electron chi connectivity index (χ3n) is 2.63. The van der Waals surface area contributed by atoms with Crippen LogP contribution in [0.3, 0.4) is 0 Å². The Morgan fingerprint density at radius 3 is 2.71 bits per heavy atom. The van der Waals surface area contributed by atoms with Gasteiger partial charge < -0.3 is 15.4 Å². The first-order valence-corrected chi connectivity index (χ1v) is 5.50. The summed E-state index contributed by atoms with van der Waals surface area (Å²) in [5, 5.41) is 7.24. The molecule has 1 aliphatic carbocycles. The van der Waals surface area contributed by atoms with Crippen LogP contribution in [0.1, 0.15) is 26.7 Å². The van der Waals surface area contributed by atoms with Crippen LogP contribution in [0.5, 0.6) is 0 Å². The normalized spacial score (nSPS) is 22.9. The molecule has 0 spiro atoms. The van der Waals surface area contributed by atoms with Crippen molar-refractivity contribution in [2.24, 2.45) is 5.41 Å². The van der Waals surface area contributed by atoms with Gasteiger partial charge in [-0.3, -0.25) is 0 Å². The van der Waals surface area contributed by atoms with Crippen LogP contribution < -0.4 is 10.6 Å². The van der Waals surface area contributed by atoms with E-state index in [0.29, 0.717) is 11.5 Å². The molecular weight excluding hydrogens is 196 g/mol. The van der Waals surface area contributed by atoms with Crippen LogP contribution in [0.15, 0.2) is 0 Å². The van der Waals surface area contributed by atoms with Crippen LogP contribution in [0, 0.1) is 5.41 Å². The van der Waals surface area contributed by atoms with E-state index in [1.54, 1.807) is 7.11 Å². The summed E-state index contributed by atoms with van der Waals surface area (Å²) in [6.07, 6.45) is 2.21. The minimum Gasteiger partial charge on any atom is -0.385 e. The van der Waals surface area contributed by atoms with Crippen LogP contribution in [0.4, 0.5) is 0 Å². The highest BCUT2D eigenvalue weighted by Gasteiger charge is 2.45. The van der Waals surface area contributed by atoms with Gasteiger partial charge >= 0.3 is 0 Å². The van der Waals surface area contributed by atoms with E-state index in [0.717, 1.165) is 24.7 Å². The van der Waals surface area contributed by atoms with Crippen LogP contribution in [0.2, 0.25) is 0 Å². The van der Waals surface area contributed by atoms with Crippen molar-refractivity contribution >= 4 is 17.3 Å². The van der Waals surface area contributed by atoms with Gasteiger partial charge in [0.2, 0.25) is 0 Å². The lowest BCUT2D eigenvalue weighted by atomic mass is 10.2. The van der Waals surface area contributed by atoms with Gasteiger partial charge in [-0.1, -0.05) is 13.8 Å². The standard InChI is InChI=1S/C10H20N2OS/c1-10(2)7-8(10)12-9(14)11-5-4-6-13-3/h8H,4-7H2,1-3H3,(H2,11,12,14). The second kappa shape index (κ2) is 4.94. The highest BCUT2D eigenvalue weighted by Crippen LogP contribution is 2.44. The van der Waals surface area contributed by atoms with Crippen LogP contribution in [-0.4, -0.2) is 31.4 Å². The van der Waals surface area contributed by atoms with Gasteiger partial charge in [0, 0.05) is 26.3 Å². The van der Waals surface area contributed by atoms with Crippen LogP contribution in [-0.2, 0) is 4.74 Å². The molecule has 1 rings (SSSR count). The minimum absolute atomic E-state index is 0.429. The Bertz CT molecular complexity index is 206. The molecule has 0 saturated heterocycles. The fraction of sp³-hybridized carbons (Fsp3) is 0.900. The lowest BCUT2D eigenvalue weighted by molar-refractivity contribution is 0.195. The third-order valence-corrected chi connectivity index (χ3v) is 2.89. The van der Waals surface area contributed by atoms with Crippen molar-refractivity contribution in [1.29, 1.82) is 0 Å². The van der Waals surface area contributed by atoms with Gasteiger partial charge in [0.05, 0.1) is 0 Å². The number of rotatable bonds is 5. The molecule has 1 unspecified atom stereocenters. The molecule has 0 aromatic carbocycles.